The summed E-state index contributed by atoms with van der Waals surface area (Å²) in [5.41, 5.74) is 0. The highest BCUT2D eigenvalue weighted by atomic mass is 16.4. The molecule has 0 aliphatic heterocycles. The third kappa shape index (κ3) is 19.1. The van der Waals surface area contributed by atoms with Gasteiger partial charge in [0, 0.05) is 13.0 Å². The summed E-state index contributed by atoms with van der Waals surface area (Å²) in [6.07, 6.45) is 25.6. The average Bonchev–Trinajstić information content (AvgIpc) is 2.73. The second-order valence-electron chi connectivity index (χ2n) is 9.03. The highest BCUT2D eigenvalue weighted by molar-refractivity contribution is 5.98. The van der Waals surface area contributed by atoms with E-state index in [1.54, 1.807) is 7.05 Å². The van der Waals surface area contributed by atoms with Crippen LogP contribution in [0.2, 0.25) is 0 Å². The molecule has 178 valence electrons. The van der Waals surface area contributed by atoms with Gasteiger partial charge in [-0.05, 0) is 13.5 Å². The van der Waals surface area contributed by atoms with Gasteiger partial charge in [0.05, 0.1) is 0 Å². The number of carboxylic acids is 1. The molecular formula is C26H51NO3. The van der Waals surface area contributed by atoms with E-state index in [0.717, 1.165) is 19.3 Å². The van der Waals surface area contributed by atoms with Crippen molar-refractivity contribution >= 4 is 11.8 Å². The third-order valence-electron chi connectivity index (χ3n) is 6.12. The van der Waals surface area contributed by atoms with E-state index in [4.69, 9.17) is 5.11 Å². The number of carboxylic acid groups (broad SMARTS) is 1. The third-order valence-corrected chi connectivity index (χ3v) is 6.12. The molecule has 4 nitrogen and oxygen atoms in total. The minimum absolute atomic E-state index is 0.135. The molecular weight excluding hydrogens is 374 g/mol. The number of hydrogen-bond acceptors (Lipinski definition) is 3. The van der Waals surface area contributed by atoms with Crippen LogP contribution >= 0.6 is 0 Å². The van der Waals surface area contributed by atoms with Crippen molar-refractivity contribution in [2.75, 3.05) is 13.6 Å². The summed E-state index contributed by atoms with van der Waals surface area (Å²) in [4.78, 5) is 23.0. The van der Waals surface area contributed by atoms with Crippen molar-refractivity contribution in [2.45, 2.75) is 135 Å². The first-order chi connectivity index (χ1) is 14.6. The monoisotopic (exact) mass is 425 g/mol. The van der Waals surface area contributed by atoms with Crippen LogP contribution in [0.25, 0.3) is 0 Å². The highest BCUT2D eigenvalue weighted by Crippen LogP contribution is 2.15. The summed E-state index contributed by atoms with van der Waals surface area (Å²) in [6.45, 7) is 2.51. The molecule has 0 fully saturated rings. The van der Waals surface area contributed by atoms with Gasteiger partial charge in [-0.2, -0.15) is 0 Å². The first-order valence-corrected chi connectivity index (χ1v) is 13.0. The first-order valence-electron chi connectivity index (χ1n) is 13.0. The van der Waals surface area contributed by atoms with Crippen LogP contribution in [0.4, 0.5) is 0 Å². The molecule has 0 aromatic carbocycles. The summed E-state index contributed by atoms with van der Waals surface area (Å²) in [5, 5.41) is 11.9. The second kappa shape index (κ2) is 22.8. The number of hydrogen-bond donors (Lipinski definition) is 2. The normalized spacial score (nSPS) is 12.2. The van der Waals surface area contributed by atoms with E-state index in [0.29, 0.717) is 6.42 Å². The van der Waals surface area contributed by atoms with Gasteiger partial charge in [0.2, 0.25) is 0 Å². The van der Waals surface area contributed by atoms with Crippen molar-refractivity contribution in [1.82, 2.24) is 5.32 Å². The van der Waals surface area contributed by atoms with E-state index >= 15 is 0 Å². The average molecular weight is 426 g/mol. The molecule has 0 aromatic rings. The molecule has 0 aromatic heterocycles. The van der Waals surface area contributed by atoms with E-state index in [-0.39, 0.29) is 12.3 Å². The fourth-order valence-corrected chi connectivity index (χ4v) is 4.09. The largest absolute Gasteiger partial charge is 0.481 e. The topological polar surface area (TPSA) is 66.4 Å². The van der Waals surface area contributed by atoms with Gasteiger partial charge in [-0.3, -0.25) is 9.59 Å². The lowest BCUT2D eigenvalue weighted by Gasteiger charge is -2.10. The summed E-state index contributed by atoms with van der Waals surface area (Å²) >= 11 is 0. The van der Waals surface area contributed by atoms with Crippen LogP contribution in [0.1, 0.15) is 135 Å². The summed E-state index contributed by atoms with van der Waals surface area (Å²) < 4.78 is 0. The molecule has 0 saturated heterocycles. The zero-order valence-corrected chi connectivity index (χ0v) is 20.2. The number of rotatable bonds is 24. The molecule has 0 heterocycles. The molecule has 1 unspecified atom stereocenters. The van der Waals surface area contributed by atoms with Gasteiger partial charge < -0.3 is 10.4 Å². The number of Topliss-reactive ketones (excluding diaryl/α,β-unsaturated/α-hetero) is 1. The Hall–Kier alpha value is -0.900. The summed E-state index contributed by atoms with van der Waals surface area (Å²) in [6, 6.07) is 0. The van der Waals surface area contributed by atoms with Gasteiger partial charge in [-0.15, -0.1) is 0 Å². The van der Waals surface area contributed by atoms with Crippen molar-refractivity contribution in [3.05, 3.63) is 0 Å². The lowest BCUT2D eigenvalue weighted by atomic mass is 9.98. The van der Waals surface area contributed by atoms with Gasteiger partial charge in [0.15, 0.2) is 0 Å². The van der Waals surface area contributed by atoms with E-state index < -0.39 is 11.9 Å². The van der Waals surface area contributed by atoms with Gasteiger partial charge >= 0.3 is 5.97 Å². The van der Waals surface area contributed by atoms with Gasteiger partial charge in [0.1, 0.15) is 11.7 Å². The zero-order valence-electron chi connectivity index (χ0n) is 20.2. The second-order valence-corrected chi connectivity index (χ2v) is 9.03. The number of carbonyl (C=O) groups is 2. The number of aliphatic carboxylic acids is 1. The van der Waals surface area contributed by atoms with E-state index in [1.807, 2.05) is 0 Å². The number of carbonyl (C=O) groups excluding carboxylic acids is 1. The van der Waals surface area contributed by atoms with Gasteiger partial charge in [-0.1, -0.05) is 122 Å². The summed E-state index contributed by atoms with van der Waals surface area (Å²) in [7, 11) is 1.68. The van der Waals surface area contributed by atoms with Crippen molar-refractivity contribution in [2.24, 2.45) is 5.92 Å². The van der Waals surface area contributed by atoms with Crippen LogP contribution in [-0.4, -0.2) is 30.5 Å². The molecule has 0 radical (unpaired) electrons. The van der Waals surface area contributed by atoms with Crippen molar-refractivity contribution < 1.29 is 14.7 Å². The van der Waals surface area contributed by atoms with Crippen molar-refractivity contribution in [3.8, 4) is 0 Å². The molecule has 0 saturated carbocycles. The Bertz CT molecular complexity index is 398. The molecule has 0 amide bonds. The van der Waals surface area contributed by atoms with Crippen LogP contribution in [-0.2, 0) is 9.59 Å². The van der Waals surface area contributed by atoms with Crippen LogP contribution in [0.15, 0.2) is 0 Å². The Labute approximate surface area is 187 Å². The van der Waals surface area contributed by atoms with E-state index in [2.05, 4.69) is 12.2 Å². The Kier molecular flexibility index (Phi) is 22.1. The fourth-order valence-electron chi connectivity index (χ4n) is 4.09. The molecule has 0 bridgehead atoms. The van der Waals surface area contributed by atoms with Crippen LogP contribution in [0.5, 0.6) is 0 Å². The molecule has 30 heavy (non-hydrogen) atoms. The van der Waals surface area contributed by atoms with E-state index in [9.17, 15) is 9.59 Å². The smallest absolute Gasteiger partial charge is 0.315 e. The lowest BCUT2D eigenvalue weighted by Crippen LogP contribution is -2.32. The SMILES string of the molecule is CCCCCCCCCCCCCCCCCCCCCC(=O)C(CNC)C(=O)O. The van der Waals surface area contributed by atoms with E-state index in [1.165, 1.54) is 103 Å². The number of nitrogens with one attached hydrogen (secondary N) is 1. The van der Waals surface area contributed by atoms with Crippen LogP contribution in [0, 0.1) is 5.92 Å². The molecule has 0 aliphatic carbocycles. The minimum atomic E-state index is -1.01. The minimum Gasteiger partial charge on any atom is -0.481 e. The Morgan fingerprint density at radius 1 is 0.633 bits per heavy atom. The zero-order chi connectivity index (χ0) is 22.3. The maximum Gasteiger partial charge on any atom is 0.315 e. The number of ketones is 1. The quantitative estimate of drug-likeness (QED) is 0.126. The molecule has 2 N–H and O–H groups in total. The molecule has 1 atom stereocenters. The van der Waals surface area contributed by atoms with Gasteiger partial charge in [0.25, 0.3) is 0 Å². The molecule has 0 rings (SSSR count). The maximum atomic E-state index is 11.9. The highest BCUT2D eigenvalue weighted by Gasteiger charge is 2.24. The first kappa shape index (κ1) is 29.1. The van der Waals surface area contributed by atoms with Crippen LogP contribution in [0.3, 0.4) is 0 Å². The Balaban J connectivity index is 3.26. The Morgan fingerprint density at radius 3 is 1.27 bits per heavy atom. The maximum absolute atomic E-state index is 11.9. The Morgan fingerprint density at radius 2 is 0.967 bits per heavy atom. The predicted octanol–water partition coefficient (Wildman–Crippen LogP) is 7.30. The summed E-state index contributed by atoms with van der Waals surface area (Å²) in [5.74, 6) is -2.03. The fraction of sp³-hybridized carbons (Fsp3) is 0.923. The van der Waals surface area contributed by atoms with Crippen molar-refractivity contribution in [3.63, 3.8) is 0 Å². The standard InChI is InChI=1S/C26H51NO3/c1-3-4-5-6-7-8-9-10-11-12-13-14-15-16-17-18-19-20-21-22-25(28)24(23-27-2)26(29)30/h24,27H,3-23H2,1-2H3,(H,29,30). The van der Waals surface area contributed by atoms with Crippen LogP contribution < -0.4 is 5.32 Å². The molecule has 0 spiro atoms. The number of unbranched alkanes of at least 4 members (excludes halogenated alkanes) is 18. The van der Waals surface area contributed by atoms with Crippen molar-refractivity contribution in [1.29, 1.82) is 0 Å². The van der Waals surface area contributed by atoms with Gasteiger partial charge in [-0.25, -0.2) is 0 Å². The lowest BCUT2D eigenvalue weighted by molar-refractivity contribution is -0.146. The predicted molar refractivity (Wildman–Crippen MR) is 128 cm³/mol. The molecule has 4 heteroatoms. The molecule has 0 aliphatic rings.